The molecule has 2 fully saturated rings. The number of nitrogens with two attached hydrogens (primary N) is 1. The molecule has 19 nitrogen and oxygen atoms in total. The summed E-state index contributed by atoms with van der Waals surface area (Å²) >= 11 is 7.12. The highest BCUT2D eigenvalue weighted by atomic mass is 79.9. The first kappa shape index (κ1) is 48.6. The fourth-order valence-electron chi connectivity index (χ4n) is 6.94. The van der Waals surface area contributed by atoms with Crippen LogP contribution in [0.2, 0.25) is 0 Å². The van der Waals surface area contributed by atoms with Crippen LogP contribution in [0.25, 0.3) is 10.9 Å². The van der Waals surface area contributed by atoms with Crippen LogP contribution in [0.1, 0.15) is 32.1 Å². The maximum atomic E-state index is 12.4. The Morgan fingerprint density at radius 1 is 0.820 bits per heavy atom. The van der Waals surface area contributed by atoms with Crippen molar-refractivity contribution in [1.82, 2.24) is 15.6 Å². The molecule has 2 heterocycles. The molecule has 1 saturated carbocycles. The molecule has 2 amide bonds. The van der Waals surface area contributed by atoms with Crippen LogP contribution in [-0.2, 0) is 42.7 Å². The van der Waals surface area contributed by atoms with Gasteiger partial charge >= 0.3 is 18.2 Å². The lowest BCUT2D eigenvalue weighted by atomic mass is 10.0. The van der Waals surface area contributed by atoms with E-state index in [1.807, 2.05) is 0 Å². The molecule has 7 atom stereocenters. The summed E-state index contributed by atoms with van der Waals surface area (Å²) in [5, 5.41) is 26.6. The summed E-state index contributed by atoms with van der Waals surface area (Å²) < 4.78 is 56.3. The molecule has 7 N–H and O–H groups in total. The van der Waals surface area contributed by atoms with E-state index in [0.29, 0.717) is 82.1 Å². The molecule has 1 aliphatic heterocycles. The van der Waals surface area contributed by atoms with E-state index < -0.39 is 42.8 Å². The molecule has 1 aromatic heterocycles. The van der Waals surface area contributed by atoms with E-state index in [-0.39, 0.29) is 72.4 Å². The third-order valence-electron chi connectivity index (χ3n) is 10.0. The van der Waals surface area contributed by atoms with Gasteiger partial charge < -0.3 is 78.9 Å². The Kier molecular flexibility index (Phi) is 20.9. The Balaban J connectivity index is 0.832. The number of nitrogens with one attached hydrogen (secondary N) is 3. The summed E-state index contributed by atoms with van der Waals surface area (Å²) in [6, 6.07) is 1.81. The van der Waals surface area contributed by atoms with Crippen molar-refractivity contribution in [2.24, 2.45) is 23.5 Å². The Hall–Kier alpha value is -3.43. The van der Waals surface area contributed by atoms with Gasteiger partial charge in [-0.2, -0.15) is 0 Å². The van der Waals surface area contributed by atoms with Crippen LogP contribution < -0.4 is 25.8 Å². The topological polar surface area (TPSA) is 250 Å². The fraction of sp³-hybridized carbons (Fsp3) is 0.675. The quantitative estimate of drug-likeness (QED) is 0.0343. The van der Waals surface area contributed by atoms with Gasteiger partial charge in [-0.3, -0.25) is 0 Å². The van der Waals surface area contributed by atoms with Gasteiger partial charge in [0.15, 0.2) is 6.10 Å². The number of carbonyl (C=O) groups excluding carboxylic acids is 3. The van der Waals surface area contributed by atoms with Gasteiger partial charge in [0.1, 0.15) is 37.4 Å². The molecule has 0 spiro atoms. The van der Waals surface area contributed by atoms with Crippen LogP contribution in [0.5, 0.6) is 11.5 Å². The number of hydrogen-bond acceptors (Lipinski definition) is 16. The summed E-state index contributed by atoms with van der Waals surface area (Å²) in [6.07, 6.45) is -0.724. The van der Waals surface area contributed by atoms with Crippen molar-refractivity contribution in [2.45, 2.75) is 56.7 Å². The number of benzene rings is 1. The minimum absolute atomic E-state index is 0.0599. The van der Waals surface area contributed by atoms with Gasteiger partial charge in [-0.05, 0) is 68.5 Å². The highest BCUT2D eigenvalue weighted by molar-refractivity contribution is 9.11. The molecule has 1 saturated heterocycles. The summed E-state index contributed by atoms with van der Waals surface area (Å²) in [5.74, 6) is 8.09. The van der Waals surface area contributed by atoms with Gasteiger partial charge in [-0.15, -0.1) is 11.8 Å². The summed E-state index contributed by atoms with van der Waals surface area (Å²) in [6.45, 7) is 3.69. The molecular formula is C40H56Br2N4O15. The van der Waals surface area contributed by atoms with E-state index in [1.165, 1.54) is 0 Å². The number of hydrogen-bond donors (Lipinski definition) is 6. The summed E-state index contributed by atoms with van der Waals surface area (Å²) in [7, 11) is 0. The number of aromatic nitrogens is 1. The van der Waals surface area contributed by atoms with Crippen LogP contribution in [0.3, 0.4) is 0 Å². The minimum Gasteiger partial charge on any atom is -0.489 e. The van der Waals surface area contributed by atoms with E-state index in [1.54, 1.807) is 12.3 Å². The lowest BCUT2D eigenvalue weighted by Gasteiger charge is -2.35. The highest BCUT2D eigenvalue weighted by Crippen LogP contribution is 2.52. The third-order valence-corrected chi connectivity index (χ3v) is 11.4. The van der Waals surface area contributed by atoms with Crippen molar-refractivity contribution < 1.29 is 72.0 Å². The minimum atomic E-state index is -1.48. The number of H-pyrrole nitrogens is 1. The molecule has 5 rings (SSSR count). The third kappa shape index (κ3) is 15.7. The fourth-order valence-corrected chi connectivity index (χ4v) is 8.48. The predicted octanol–water partition coefficient (Wildman–Crippen LogP) is 2.75. The first-order valence-corrected chi connectivity index (χ1v) is 22.0. The van der Waals surface area contributed by atoms with Crippen LogP contribution in [-0.4, -0.2) is 157 Å². The monoisotopic (exact) mass is 990 g/mol. The van der Waals surface area contributed by atoms with Crippen molar-refractivity contribution in [3.05, 3.63) is 21.2 Å². The normalized spacial score (nSPS) is 23.1. The zero-order valence-electron chi connectivity index (χ0n) is 33.9. The zero-order chi connectivity index (χ0) is 43.4. The first-order valence-electron chi connectivity index (χ1n) is 20.4. The van der Waals surface area contributed by atoms with Gasteiger partial charge in [0.2, 0.25) is 6.29 Å². The number of halogens is 2. The number of esters is 1. The standard InChI is InChI=1S/C40H56Br2N4O15/c41-28-21-29-33(31(23-46-29)60-32-22-30(47)35(48)37(61-32)38(49)57-10-7-43)34(42)36(28)56-19-17-54-15-16-55-18-20-58-39(50)44-8-11-52-13-14-53-12-9-45-40(51)59-24-27-25-5-3-1-2-4-6-26(25)27/h21,23,25-27,30,32,35,37,46-48H,3-20,22,24,43H2,(H,44,50)(H,45,51)/t25-,26+,27?,30-,32-,35+,37+/m1/s1. The second-order valence-corrected chi connectivity index (χ2v) is 15.9. The molecular weight excluding hydrogens is 936 g/mol. The Labute approximate surface area is 370 Å². The molecule has 2 aromatic rings. The second kappa shape index (κ2) is 26.3. The molecule has 1 unspecified atom stereocenters. The Morgan fingerprint density at radius 3 is 2.08 bits per heavy atom. The highest BCUT2D eigenvalue weighted by Gasteiger charge is 2.49. The van der Waals surface area contributed by atoms with Crippen molar-refractivity contribution in [2.75, 3.05) is 98.9 Å². The molecule has 3 aliphatic rings. The first-order chi connectivity index (χ1) is 29.7. The SMILES string of the molecule is NCCOC(=O)[C@H]1O[C@@H](Oc2c[nH]c3cc(Br)c(OCCOCCOCCOC(=O)NCCOCCOCCNC(=O)OCC4[C@H]5CCC#CCC[C@@H]45)c(Br)c23)C[C@@H](O)[C@@H]1O. The van der Waals surface area contributed by atoms with Crippen molar-refractivity contribution in [1.29, 1.82) is 0 Å². The molecule has 2 aliphatic carbocycles. The largest absolute Gasteiger partial charge is 0.489 e. The molecule has 340 valence electrons. The maximum absolute atomic E-state index is 12.4. The van der Waals surface area contributed by atoms with Crippen LogP contribution >= 0.6 is 31.9 Å². The zero-order valence-corrected chi connectivity index (χ0v) is 37.0. The number of carbonyl (C=O) groups is 3. The molecule has 1 aromatic carbocycles. The predicted molar refractivity (Wildman–Crippen MR) is 224 cm³/mol. The number of ether oxygens (including phenoxy) is 10. The number of rotatable bonds is 26. The van der Waals surface area contributed by atoms with Crippen molar-refractivity contribution >= 4 is 60.9 Å². The summed E-state index contributed by atoms with van der Waals surface area (Å²) in [4.78, 5) is 39.3. The average Bonchev–Trinajstić information content (AvgIpc) is 3.71. The van der Waals surface area contributed by atoms with E-state index >= 15 is 0 Å². The number of aliphatic hydroxyl groups excluding tert-OH is 2. The van der Waals surface area contributed by atoms with Gasteiger partial charge in [0, 0.05) is 45.1 Å². The molecule has 61 heavy (non-hydrogen) atoms. The lowest BCUT2D eigenvalue weighted by molar-refractivity contribution is -0.230. The number of aromatic amines is 1. The van der Waals surface area contributed by atoms with Gasteiger partial charge in [-0.25, -0.2) is 14.4 Å². The van der Waals surface area contributed by atoms with Crippen LogP contribution in [0.4, 0.5) is 9.59 Å². The van der Waals surface area contributed by atoms with Gasteiger partial charge in [-0.1, -0.05) is 0 Å². The molecule has 0 bridgehead atoms. The Morgan fingerprint density at radius 2 is 1.43 bits per heavy atom. The maximum Gasteiger partial charge on any atom is 0.407 e. The lowest BCUT2D eigenvalue weighted by Crippen LogP contribution is -2.53. The summed E-state index contributed by atoms with van der Waals surface area (Å²) in [5.41, 5.74) is 6.09. The van der Waals surface area contributed by atoms with Crippen LogP contribution in [0.15, 0.2) is 21.2 Å². The van der Waals surface area contributed by atoms with E-state index in [2.05, 4.69) is 59.3 Å². The molecule has 21 heteroatoms. The van der Waals surface area contributed by atoms with Gasteiger partial charge in [0.05, 0.1) is 85.4 Å². The van der Waals surface area contributed by atoms with Crippen molar-refractivity contribution in [3.63, 3.8) is 0 Å². The number of alkyl carbamates (subject to hydrolysis) is 2. The van der Waals surface area contributed by atoms with Crippen molar-refractivity contribution in [3.8, 4) is 23.3 Å². The van der Waals surface area contributed by atoms with E-state index in [9.17, 15) is 24.6 Å². The van der Waals surface area contributed by atoms with E-state index in [0.717, 1.165) is 25.7 Å². The number of aliphatic hydroxyl groups is 2. The molecule has 0 radical (unpaired) electrons. The number of amides is 2. The van der Waals surface area contributed by atoms with Crippen LogP contribution in [0, 0.1) is 29.6 Å². The second-order valence-electron chi connectivity index (χ2n) is 14.2. The van der Waals surface area contributed by atoms with Gasteiger partial charge in [0.25, 0.3) is 0 Å². The Bertz CT molecular complexity index is 1740. The smallest absolute Gasteiger partial charge is 0.407 e. The average molecular weight is 993 g/mol. The number of fused-ring (bicyclic) bond motifs is 2. The van der Waals surface area contributed by atoms with E-state index in [4.69, 9.17) is 53.1 Å².